The van der Waals surface area contributed by atoms with Crippen molar-refractivity contribution in [1.29, 1.82) is 0 Å². The summed E-state index contributed by atoms with van der Waals surface area (Å²) < 4.78 is 5.87. The molecule has 0 N–H and O–H groups in total. The first kappa shape index (κ1) is 5.25. The Labute approximate surface area is 55.1 Å². The average Bonchev–Trinajstić information content (AvgIpc) is 1.86. The molecule has 1 rings (SSSR count). The predicted octanol–water partition coefficient (Wildman–Crippen LogP) is 0.622. The summed E-state index contributed by atoms with van der Waals surface area (Å²) in [6.07, 6.45) is 0. The van der Waals surface area contributed by atoms with Crippen LogP contribution in [0.4, 0.5) is 0 Å². The molecular weight excluding hydrogens is 203 g/mol. The molecule has 1 heterocycles. The number of rotatable bonds is 0. The van der Waals surface area contributed by atoms with E-state index in [2.05, 4.69) is 0 Å². The summed E-state index contributed by atoms with van der Waals surface area (Å²) in [6, 6.07) is 0. The third kappa shape index (κ3) is 1.31. The van der Waals surface area contributed by atoms with Gasteiger partial charge in [-0.25, -0.2) is 0 Å². The van der Waals surface area contributed by atoms with Crippen LogP contribution in [-0.4, -0.2) is 34.9 Å². The second-order valence-corrected chi connectivity index (χ2v) is 4.40. The molecule has 3 radical (unpaired) electrons. The van der Waals surface area contributed by atoms with Gasteiger partial charge in [-0.2, -0.15) is 0 Å². The van der Waals surface area contributed by atoms with Crippen molar-refractivity contribution < 1.29 is 4.18 Å². The maximum absolute atomic E-state index is 5.00. The average molecular weight is 208 g/mol. The van der Waals surface area contributed by atoms with Crippen molar-refractivity contribution in [3.8, 4) is 0 Å². The van der Waals surface area contributed by atoms with E-state index in [1.54, 1.807) is 34.6 Å². The molecule has 1 saturated heterocycles. The number of hydrogen-bond donors (Lipinski definition) is 0. The molecule has 1 aliphatic heterocycles. The Kier molecular flexibility index (Phi) is 2.12. The van der Waals surface area contributed by atoms with E-state index in [1.165, 1.54) is 5.75 Å². The molecule has 3 heteroatoms. The zero-order valence-corrected chi connectivity index (χ0v) is 6.98. The Morgan fingerprint density at radius 1 is 1.83 bits per heavy atom. The van der Waals surface area contributed by atoms with E-state index in [0.717, 1.165) is 10.5 Å². The van der Waals surface area contributed by atoms with Crippen molar-refractivity contribution in [3.63, 3.8) is 0 Å². The molecule has 1 nitrogen and oxygen atoms in total. The number of hydrogen-bond acceptors (Lipinski definition) is 2. The summed E-state index contributed by atoms with van der Waals surface area (Å²) >= 11 is 3.22. The van der Waals surface area contributed by atoms with Gasteiger partial charge in [0.25, 0.3) is 0 Å². The molecule has 0 saturated carbocycles. The first-order valence-corrected chi connectivity index (χ1v) is 4.41. The van der Waals surface area contributed by atoms with Crippen LogP contribution in [0.1, 0.15) is 0 Å². The van der Waals surface area contributed by atoms with E-state index in [4.69, 9.17) is 4.18 Å². The van der Waals surface area contributed by atoms with Gasteiger partial charge in [-0.15, -0.1) is 0 Å². The Morgan fingerprint density at radius 3 is 2.83 bits per heavy atom. The van der Waals surface area contributed by atoms with Gasteiger partial charge in [0.1, 0.15) is 0 Å². The minimum absolute atomic E-state index is 0.877. The Bertz CT molecular complexity index is 44.1. The molecule has 6 heavy (non-hydrogen) atoms. The zero-order chi connectivity index (χ0) is 4.41. The normalized spacial score (nSPS) is 34.5. The van der Waals surface area contributed by atoms with Crippen LogP contribution in [0.25, 0.3) is 0 Å². The topological polar surface area (TPSA) is 9.23 Å². The van der Waals surface area contributed by atoms with Gasteiger partial charge < -0.3 is 0 Å². The fourth-order valence-electron chi connectivity index (χ4n) is 0.309. The molecule has 1 aliphatic rings. The maximum atomic E-state index is 5.00. The van der Waals surface area contributed by atoms with Crippen molar-refractivity contribution in [2.24, 2.45) is 0 Å². The molecular formula is C3H5OSSn. The Balaban J connectivity index is 2.18. The van der Waals surface area contributed by atoms with E-state index in [-0.39, 0.29) is 0 Å². The van der Waals surface area contributed by atoms with Gasteiger partial charge in [-0.1, -0.05) is 0 Å². The van der Waals surface area contributed by atoms with Crippen LogP contribution in [0.5, 0.6) is 0 Å². The van der Waals surface area contributed by atoms with Crippen molar-refractivity contribution in [2.45, 2.75) is 3.93 Å². The van der Waals surface area contributed by atoms with Crippen molar-refractivity contribution in [1.82, 2.24) is 0 Å². The second kappa shape index (κ2) is 2.42. The third-order valence-electron chi connectivity index (χ3n) is 0.622. The van der Waals surface area contributed by atoms with E-state index in [9.17, 15) is 0 Å². The van der Waals surface area contributed by atoms with Crippen LogP contribution < -0.4 is 0 Å². The van der Waals surface area contributed by atoms with Crippen LogP contribution in [0.3, 0.4) is 0 Å². The minimum atomic E-state index is 0.877. The first-order chi connectivity index (χ1) is 2.89. The molecule has 0 aliphatic carbocycles. The van der Waals surface area contributed by atoms with Crippen LogP contribution in [-0.2, 0) is 4.18 Å². The van der Waals surface area contributed by atoms with Crippen LogP contribution in [0.15, 0.2) is 0 Å². The Morgan fingerprint density at radius 2 is 2.67 bits per heavy atom. The first-order valence-electron chi connectivity index (χ1n) is 1.85. The molecule has 0 bridgehead atoms. The summed E-state index contributed by atoms with van der Waals surface area (Å²) in [6.45, 7) is 0.989. The standard InChI is InChI=1S/C3H5OS.Sn/c1-2-4-5-3-1;/h1H,2-3H2;. The van der Waals surface area contributed by atoms with E-state index in [0.29, 0.717) is 0 Å². The molecule has 0 amide bonds. The molecule has 0 spiro atoms. The molecule has 0 aromatic carbocycles. The van der Waals surface area contributed by atoms with E-state index >= 15 is 0 Å². The van der Waals surface area contributed by atoms with Gasteiger partial charge in [0.15, 0.2) is 0 Å². The monoisotopic (exact) mass is 209 g/mol. The van der Waals surface area contributed by atoms with Crippen molar-refractivity contribution in [2.75, 3.05) is 12.4 Å². The predicted molar refractivity (Wildman–Crippen MR) is 27.9 cm³/mol. The SMILES string of the molecule is [Sn][CH]1COSC1. The van der Waals surface area contributed by atoms with Crippen molar-refractivity contribution >= 4 is 34.6 Å². The van der Waals surface area contributed by atoms with Gasteiger partial charge in [0, 0.05) is 0 Å². The summed E-state index contributed by atoms with van der Waals surface area (Å²) in [7, 11) is 0. The van der Waals surface area contributed by atoms with Gasteiger partial charge in [0.2, 0.25) is 0 Å². The quantitative estimate of drug-likeness (QED) is 0.426. The fraction of sp³-hybridized carbons (Fsp3) is 1.00. The molecule has 0 aromatic heterocycles. The second-order valence-electron chi connectivity index (χ2n) is 1.27. The van der Waals surface area contributed by atoms with E-state index in [1.807, 2.05) is 0 Å². The van der Waals surface area contributed by atoms with E-state index < -0.39 is 0 Å². The third-order valence-corrected chi connectivity index (χ3v) is 3.37. The van der Waals surface area contributed by atoms with Gasteiger partial charge in [0.05, 0.1) is 0 Å². The summed E-state index contributed by atoms with van der Waals surface area (Å²) in [5.74, 6) is 1.22. The van der Waals surface area contributed by atoms with Crippen LogP contribution in [0.2, 0.25) is 3.93 Å². The summed E-state index contributed by atoms with van der Waals surface area (Å²) in [5, 5.41) is 0. The van der Waals surface area contributed by atoms with Gasteiger partial charge in [-0.3, -0.25) is 0 Å². The van der Waals surface area contributed by atoms with Crippen LogP contribution in [0, 0.1) is 0 Å². The van der Waals surface area contributed by atoms with Gasteiger partial charge >= 0.3 is 55.0 Å². The zero-order valence-electron chi connectivity index (χ0n) is 3.31. The molecule has 1 atom stereocenters. The molecule has 1 fully saturated rings. The molecule has 1 unspecified atom stereocenters. The van der Waals surface area contributed by atoms with Crippen LogP contribution >= 0.6 is 12.0 Å². The molecule has 0 aromatic rings. The molecule has 33 valence electrons. The van der Waals surface area contributed by atoms with Gasteiger partial charge in [-0.05, 0) is 0 Å². The summed E-state index contributed by atoms with van der Waals surface area (Å²) in [5.41, 5.74) is 0. The van der Waals surface area contributed by atoms with Crippen molar-refractivity contribution in [3.05, 3.63) is 0 Å². The fourth-order valence-corrected chi connectivity index (χ4v) is 2.09. The Hall–Kier alpha value is 1.11. The summed E-state index contributed by atoms with van der Waals surface area (Å²) in [4.78, 5) is 0.